The third-order valence-electron chi connectivity index (χ3n) is 4.71. The van der Waals surface area contributed by atoms with Crippen LogP contribution in [0, 0.1) is 0 Å². The monoisotopic (exact) mass is 385 g/mol. The predicted octanol–water partition coefficient (Wildman–Crippen LogP) is 5.09. The van der Waals surface area contributed by atoms with Crippen molar-refractivity contribution in [2.24, 2.45) is 0 Å². The second kappa shape index (κ2) is 9.11. The molecule has 0 radical (unpaired) electrons. The van der Waals surface area contributed by atoms with Gasteiger partial charge in [0.05, 0.1) is 19.8 Å². The van der Waals surface area contributed by atoms with Crippen LogP contribution in [0.5, 0.6) is 11.5 Å². The molecule has 3 aromatic carbocycles. The fourth-order valence-electron chi connectivity index (χ4n) is 3.21. The van der Waals surface area contributed by atoms with E-state index in [9.17, 15) is 4.79 Å². The van der Waals surface area contributed by atoms with Gasteiger partial charge in [-0.05, 0) is 41.5 Å². The maximum Gasteiger partial charge on any atom is 0.251 e. The lowest BCUT2D eigenvalue weighted by atomic mass is 10.1. The minimum Gasteiger partial charge on any atom is -0.490 e. The molecule has 0 bridgehead atoms. The van der Waals surface area contributed by atoms with Crippen LogP contribution >= 0.6 is 0 Å². The van der Waals surface area contributed by atoms with Gasteiger partial charge in [0, 0.05) is 18.2 Å². The Bertz CT molecular complexity index is 983. The van der Waals surface area contributed by atoms with E-state index in [-0.39, 0.29) is 5.91 Å². The number of rotatable bonds is 5. The Morgan fingerprint density at radius 3 is 2.31 bits per heavy atom. The molecule has 4 nitrogen and oxygen atoms in total. The molecule has 29 heavy (non-hydrogen) atoms. The van der Waals surface area contributed by atoms with E-state index in [1.54, 1.807) is 11.0 Å². The number of ether oxygens (including phenoxy) is 2. The molecule has 4 heteroatoms. The van der Waals surface area contributed by atoms with E-state index >= 15 is 0 Å². The molecule has 0 N–H and O–H groups in total. The standard InChI is InChI=1S/C25H23NO3/c27-25(15-13-20-12-14-23-24(18-20)29-17-7-16-28-23)26(22-10-5-2-6-11-22)19-21-8-3-1-4-9-21/h1-6,8-15,18H,7,16-17,19H2/b15-13+. The fraction of sp³-hybridized carbons (Fsp3) is 0.160. The number of nitrogens with zero attached hydrogens (tertiary/aromatic N) is 1. The van der Waals surface area contributed by atoms with Crippen molar-refractivity contribution in [1.29, 1.82) is 0 Å². The molecule has 1 aliphatic heterocycles. The molecule has 1 aliphatic rings. The summed E-state index contributed by atoms with van der Waals surface area (Å²) in [6.45, 7) is 1.80. The highest BCUT2D eigenvalue weighted by atomic mass is 16.5. The molecule has 0 unspecified atom stereocenters. The molecule has 1 heterocycles. The SMILES string of the molecule is O=C(/C=C/c1ccc2c(c1)OCCCO2)N(Cc1ccccc1)c1ccccc1. The molecule has 0 aliphatic carbocycles. The largest absolute Gasteiger partial charge is 0.490 e. The first-order valence-electron chi connectivity index (χ1n) is 9.78. The van der Waals surface area contributed by atoms with Gasteiger partial charge >= 0.3 is 0 Å². The number of anilines is 1. The highest BCUT2D eigenvalue weighted by Gasteiger charge is 2.14. The normalized spacial score (nSPS) is 13.1. The minimum atomic E-state index is -0.0767. The molecule has 0 saturated carbocycles. The Hall–Kier alpha value is -3.53. The highest BCUT2D eigenvalue weighted by molar-refractivity contribution is 6.03. The van der Waals surface area contributed by atoms with Crippen LogP contribution in [0.1, 0.15) is 17.5 Å². The molecule has 3 aromatic rings. The van der Waals surface area contributed by atoms with Crippen molar-refractivity contribution in [3.8, 4) is 11.5 Å². The van der Waals surface area contributed by atoms with Gasteiger partial charge in [-0.3, -0.25) is 4.79 Å². The Labute approximate surface area is 171 Å². The molecule has 0 fully saturated rings. The van der Waals surface area contributed by atoms with Crippen LogP contribution in [0.15, 0.2) is 84.9 Å². The summed E-state index contributed by atoms with van der Waals surface area (Å²) < 4.78 is 11.4. The maximum atomic E-state index is 13.0. The fourth-order valence-corrected chi connectivity index (χ4v) is 3.21. The number of para-hydroxylation sites is 1. The molecular formula is C25H23NO3. The summed E-state index contributed by atoms with van der Waals surface area (Å²) in [6, 6.07) is 25.4. The third kappa shape index (κ3) is 4.85. The van der Waals surface area contributed by atoms with Gasteiger partial charge in [-0.1, -0.05) is 54.6 Å². The van der Waals surface area contributed by atoms with E-state index in [2.05, 4.69) is 0 Å². The lowest BCUT2D eigenvalue weighted by Gasteiger charge is -2.21. The van der Waals surface area contributed by atoms with Crippen molar-refractivity contribution in [1.82, 2.24) is 0 Å². The van der Waals surface area contributed by atoms with E-state index in [4.69, 9.17) is 9.47 Å². The maximum absolute atomic E-state index is 13.0. The zero-order valence-corrected chi connectivity index (χ0v) is 16.2. The molecule has 146 valence electrons. The molecule has 0 spiro atoms. The van der Waals surface area contributed by atoms with E-state index in [1.807, 2.05) is 84.9 Å². The molecule has 0 atom stereocenters. The van der Waals surface area contributed by atoms with Gasteiger partial charge in [-0.25, -0.2) is 0 Å². The van der Waals surface area contributed by atoms with Crippen molar-refractivity contribution in [2.45, 2.75) is 13.0 Å². The number of amides is 1. The number of fused-ring (bicyclic) bond motifs is 1. The summed E-state index contributed by atoms with van der Waals surface area (Å²) in [5, 5.41) is 0. The van der Waals surface area contributed by atoms with Crippen LogP contribution in [0.4, 0.5) is 5.69 Å². The van der Waals surface area contributed by atoms with Crippen LogP contribution < -0.4 is 14.4 Å². The second-order valence-electron chi connectivity index (χ2n) is 6.84. The zero-order valence-electron chi connectivity index (χ0n) is 16.2. The molecular weight excluding hydrogens is 362 g/mol. The third-order valence-corrected chi connectivity index (χ3v) is 4.71. The summed E-state index contributed by atoms with van der Waals surface area (Å²) in [6.07, 6.45) is 4.29. The Balaban J connectivity index is 1.55. The van der Waals surface area contributed by atoms with E-state index in [0.717, 1.165) is 34.7 Å². The number of hydrogen-bond donors (Lipinski definition) is 0. The number of carbonyl (C=O) groups is 1. The molecule has 0 aromatic heterocycles. The van der Waals surface area contributed by atoms with E-state index in [1.165, 1.54) is 0 Å². The minimum absolute atomic E-state index is 0.0767. The van der Waals surface area contributed by atoms with Crippen molar-refractivity contribution >= 4 is 17.7 Å². The van der Waals surface area contributed by atoms with Crippen molar-refractivity contribution in [2.75, 3.05) is 18.1 Å². The van der Waals surface area contributed by atoms with Gasteiger partial charge in [-0.15, -0.1) is 0 Å². The summed E-state index contributed by atoms with van der Waals surface area (Å²) in [5.74, 6) is 1.40. The predicted molar refractivity (Wildman–Crippen MR) is 115 cm³/mol. The van der Waals surface area contributed by atoms with Crippen molar-refractivity contribution in [3.05, 3.63) is 96.1 Å². The van der Waals surface area contributed by atoms with Gasteiger partial charge in [0.2, 0.25) is 0 Å². The average Bonchev–Trinajstić information content (AvgIpc) is 3.02. The first kappa shape index (κ1) is 18.8. The lowest BCUT2D eigenvalue weighted by Crippen LogP contribution is -2.28. The first-order valence-corrected chi connectivity index (χ1v) is 9.78. The van der Waals surface area contributed by atoms with E-state index < -0.39 is 0 Å². The van der Waals surface area contributed by atoms with Gasteiger partial charge < -0.3 is 14.4 Å². The highest BCUT2D eigenvalue weighted by Crippen LogP contribution is 2.30. The van der Waals surface area contributed by atoms with Crippen LogP contribution in [-0.4, -0.2) is 19.1 Å². The number of carbonyl (C=O) groups excluding carboxylic acids is 1. The average molecular weight is 385 g/mol. The molecule has 0 saturated heterocycles. The molecule has 1 amide bonds. The quantitative estimate of drug-likeness (QED) is 0.574. The van der Waals surface area contributed by atoms with Crippen molar-refractivity contribution in [3.63, 3.8) is 0 Å². The van der Waals surface area contributed by atoms with E-state index in [0.29, 0.717) is 19.8 Å². The van der Waals surface area contributed by atoms with Crippen molar-refractivity contribution < 1.29 is 14.3 Å². The van der Waals surface area contributed by atoms with Crippen LogP contribution in [-0.2, 0) is 11.3 Å². The van der Waals surface area contributed by atoms with Crippen LogP contribution in [0.25, 0.3) is 6.08 Å². The number of hydrogen-bond acceptors (Lipinski definition) is 3. The Morgan fingerprint density at radius 2 is 1.55 bits per heavy atom. The van der Waals surface area contributed by atoms with Crippen LogP contribution in [0.2, 0.25) is 0 Å². The van der Waals surface area contributed by atoms with Gasteiger partial charge in [-0.2, -0.15) is 0 Å². The second-order valence-corrected chi connectivity index (χ2v) is 6.84. The number of benzene rings is 3. The Kier molecular flexibility index (Phi) is 5.91. The summed E-state index contributed by atoms with van der Waals surface area (Å²) in [7, 11) is 0. The Morgan fingerprint density at radius 1 is 0.862 bits per heavy atom. The molecule has 4 rings (SSSR count). The van der Waals surface area contributed by atoms with Gasteiger partial charge in [0.1, 0.15) is 0 Å². The van der Waals surface area contributed by atoms with Crippen LogP contribution in [0.3, 0.4) is 0 Å². The lowest BCUT2D eigenvalue weighted by molar-refractivity contribution is -0.114. The zero-order chi connectivity index (χ0) is 19.9. The van der Waals surface area contributed by atoms with Gasteiger partial charge in [0.25, 0.3) is 5.91 Å². The van der Waals surface area contributed by atoms with Gasteiger partial charge in [0.15, 0.2) is 11.5 Å². The summed E-state index contributed by atoms with van der Waals surface area (Å²) in [5.41, 5.74) is 2.84. The first-order chi connectivity index (χ1) is 14.3. The summed E-state index contributed by atoms with van der Waals surface area (Å²) in [4.78, 5) is 14.8. The summed E-state index contributed by atoms with van der Waals surface area (Å²) >= 11 is 0. The smallest absolute Gasteiger partial charge is 0.251 e. The topological polar surface area (TPSA) is 38.8 Å².